The Labute approximate surface area is 213 Å². The first-order valence-corrected chi connectivity index (χ1v) is 11.1. The molecule has 204 valence electrons. The van der Waals surface area contributed by atoms with E-state index in [1.54, 1.807) is 0 Å². The smallest absolute Gasteiger partial charge is 0.303 e. The van der Waals surface area contributed by atoms with E-state index in [1.165, 1.54) is 6.07 Å². The average Bonchev–Trinajstić information content (AvgIpc) is 2.86. The molecule has 5 unspecified atom stereocenters. The molecule has 1 aromatic heterocycles. The van der Waals surface area contributed by atoms with Crippen LogP contribution in [0, 0.1) is 0 Å². The maximum atomic E-state index is 13.7. The number of aromatic hydroxyl groups is 4. The van der Waals surface area contributed by atoms with Crippen LogP contribution in [-0.2, 0) is 14.3 Å². The third-order valence-corrected chi connectivity index (χ3v) is 5.85. The molecule has 2 heterocycles. The van der Waals surface area contributed by atoms with Gasteiger partial charge in [0.05, 0.1) is 13.7 Å². The Morgan fingerprint density at radius 2 is 1.71 bits per heavy atom. The zero-order valence-electron chi connectivity index (χ0n) is 19.9. The zero-order valence-corrected chi connectivity index (χ0v) is 19.9. The van der Waals surface area contributed by atoms with Crippen molar-refractivity contribution in [3.63, 3.8) is 0 Å². The lowest BCUT2D eigenvalue weighted by atomic mass is 9.99. The van der Waals surface area contributed by atoms with E-state index in [4.69, 9.17) is 23.4 Å². The summed E-state index contributed by atoms with van der Waals surface area (Å²) in [6, 6.07) is 4.34. The van der Waals surface area contributed by atoms with Crippen LogP contribution in [0.15, 0.2) is 33.5 Å². The van der Waals surface area contributed by atoms with Gasteiger partial charge in [-0.2, -0.15) is 0 Å². The van der Waals surface area contributed by atoms with E-state index in [1.807, 2.05) is 0 Å². The van der Waals surface area contributed by atoms with Crippen LogP contribution >= 0.6 is 0 Å². The van der Waals surface area contributed by atoms with E-state index in [2.05, 4.69) is 0 Å². The van der Waals surface area contributed by atoms with E-state index in [-0.39, 0.29) is 11.1 Å². The summed E-state index contributed by atoms with van der Waals surface area (Å²) in [6.07, 6.45) is -8.40. The van der Waals surface area contributed by atoms with Crippen LogP contribution in [-0.4, -0.2) is 86.1 Å². The van der Waals surface area contributed by atoms with Gasteiger partial charge in [0.1, 0.15) is 29.3 Å². The fourth-order valence-electron chi connectivity index (χ4n) is 4.03. The number of phenols is 4. The third kappa shape index (κ3) is 4.61. The number of carbonyl (C=O) groups is 1. The van der Waals surface area contributed by atoms with Crippen LogP contribution in [0.3, 0.4) is 0 Å². The number of aliphatic hydroxyl groups is 3. The summed E-state index contributed by atoms with van der Waals surface area (Å²) >= 11 is 0. The fourth-order valence-corrected chi connectivity index (χ4v) is 4.03. The van der Waals surface area contributed by atoms with Crippen molar-refractivity contribution < 1.29 is 63.9 Å². The fraction of sp³-hybridized carbons (Fsp3) is 0.333. The van der Waals surface area contributed by atoms with Gasteiger partial charge in [-0.25, -0.2) is 0 Å². The van der Waals surface area contributed by atoms with E-state index in [9.17, 15) is 45.3 Å². The Bertz CT molecular complexity index is 1430. The topological polar surface area (TPSA) is 226 Å². The van der Waals surface area contributed by atoms with Crippen molar-refractivity contribution in [3.8, 4) is 45.8 Å². The molecule has 1 saturated heterocycles. The number of hydrogen-bond donors (Lipinski definition) is 7. The van der Waals surface area contributed by atoms with Gasteiger partial charge in [0.2, 0.25) is 23.2 Å². The summed E-state index contributed by atoms with van der Waals surface area (Å²) in [5, 5.41) is 70.4. The zero-order chi connectivity index (χ0) is 27.9. The number of benzene rings is 2. The summed E-state index contributed by atoms with van der Waals surface area (Å²) < 4.78 is 26.9. The highest BCUT2D eigenvalue weighted by Gasteiger charge is 2.48. The summed E-state index contributed by atoms with van der Waals surface area (Å²) in [7, 11) is 1.13. The van der Waals surface area contributed by atoms with Gasteiger partial charge in [0.15, 0.2) is 34.9 Å². The van der Waals surface area contributed by atoms with Crippen LogP contribution in [0.5, 0.6) is 34.5 Å². The molecule has 0 amide bonds. The van der Waals surface area contributed by atoms with Crippen molar-refractivity contribution in [2.24, 2.45) is 0 Å². The van der Waals surface area contributed by atoms with Gasteiger partial charge in [-0.15, -0.1) is 0 Å². The number of rotatable bonds is 6. The lowest BCUT2D eigenvalue weighted by Gasteiger charge is -2.41. The number of carbonyl (C=O) groups excluding carboxylic acids is 1. The Kier molecular flexibility index (Phi) is 7.24. The van der Waals surface area contributed by atoms with Crippen molar-refractivity contribution in [2.45, 2.75) is 37.6 Å². The normalized spacial score (nSPS) is 23.2. The molecule has 38 heavy (non-hydrogen) atoms. The standard InChI is InChI=1S/C24H24O14/c1-8(26)35-23-19(33)16(30)14(7-25)37-24(23)38-22-18(32)15-13(6-12(29)21(34-2)17(15)31)36-20(22)9-3-4-10(27)11(28)5-9/h3-6,14,16,19,23-25,27-31,33H,7H2,1-2H3. The minimum Gasteiger partial charge on any atom is -0.504 e. The molecule has 7 N–H and O–H groups in total. The molecule has 14 heteroatoms. The molecule has 0 radical (unpaired) electrons. The maximum Gasteiger partial charge on any atom is 0.303 e. The summed E-state index contributed by atoms with van der Waals surface area (Å²) in [5.41, 5.74) is -1.40. The second-order valence-electron chi connectivity index (χ2n) is 8.34. The van der Waals surface area contributed by atoms with Gasteiger partial charge in [-0.3, -0.25) is 9.59 Å². The van der Waals surface area contributed by atoms with Crippen LogP contribution in [0.25, 0.3) is 22.3 Å². The molecule has 1 fully saturated rings. The SMILES string of the molecule is COc1c(O)cc2oc(-c3ccc(O)c(O)c3)c(OC3OC(CO)C(O)C(O)C3OC(C)=O)c(=O)c2c1O. The molecule has 14 nitrogen and oxygen atoms in total. The number of fused-ring (bicyclic) bond motifs is 1. The minimum atomic E-state index is -1.81. The van der Waals surface area contributed by atoms with Crippen molar-refractivity contribution in [1.29, 1.82) is 0 Å². The lowest BCUT2D eigenvalue weighted by molar-refractivity contribution is -0.282. The molecule has 0 aliphatic carbocycles. The lowest BCUT2D eigenvalue weighted by Crippen LogP contribution is -2.61. The first-order valence-electron chi connectivity index (χ1n) is 11.1. The summed E-state index contributed by atoms with van der Waals surface area (Å²) in [4.78, 5) is 25.3. The first-order chi connectivity index (χ1) is 18.0. The summed E-state index contributed by atoms with van der Waals surface area (Å²) in [5.74, 6) is -4.88. The molecule has 5 atom stereocenters. The molecule has 1 aliphatic rings. The van der Waals surface area contributed by atoms with Gasteiger partial charge in [0.25, 0.3) is 0 Å². The van der Waals surface area contributed by atoms with Crippen molar-refractivity contribution in [3.05, 3.63) is 34.5 Å². The predicted molar refractivity (Wildman–Crippen MR) is 125 cm³/mol. The summed E-state index contributed by atoms with van der Waals surface area (Å²) in [6.45, 7) is 0.229. The highest BCUT2D eigenvalue weighted by atomic mass is 16.7. The minimum absolute atomic E-state index is 0.0248. The maximum absolute atomic E-state index is 13.7. The van der Waals surface area contributed by atoms with E-state index in [0.717, 1.165) is 32.2 Å². The molecule has 2 aromatic carbocycles. The quantitative estimate of drug-likeness (QED) is 0.163. The first kappa shape index (κ1) is 26.8. The van der Waals surface area contributed by atoms with Crippen LogP contribution in [0.1, 0.15) is 6.92 Å². The van der Waals surface area contributed by atoms with Crippen molar-refractivity contribution in [1.82, 2.24) is 0 Å². The van der Waals surface area contributed by atoms with Crippen molar-refractivity contribution >= 4 is 16.9 Å². The predicted octanol–water partition coefficient (Wildman–Crippen LogP) is 0.0405. The van der Waals surface area contributed by atoms with Gasteiger partial charge in [-0.1, -0.05) is 0 Å². The number of hydrogen-bond acceptors (Lipinski definition) is 14. The highest BCUT2D eigenvalue weighted by Crippen LogP contribution is 2.44. The molecule has 0 bridgehead atoms. The number of methoxy groups -OCH3 is 1. The van der Waals surface area contributed by atoms with E-state index < -0.39 is 94.4 Å². The Balaban J connectivity index is 1.96. The number of phenolic OH excluding ortho intramolecular Hbond substituents is 4. The largest absolute Gasteiger partial charge is 0.504 e. The third-order valence-electron chi connectivity index (χ3n) is 5.85. The van der Waals surface area contributed by atoms with Gasteiger partial charge >= 0.3 is 5.97 Å². The number of esters is 1. The molecule has 0 spiro atoms. The monoisotopic (exact) mass is 536 g/mol. The second-order valence-corrected chi connectivity index (χ2v) is 8.34. The molecule has 1 aliphatic heterocycles. The van der Waals surface area contributed by atoms with Gasteiger partial charge in [-0.05, 0) is 18.2 Å². The Hall–Kier alpha value is -4.24. The van der Waals surface area contributed by atoms with E-state index in [0.29, 0.717) is 0 Å². The Morgan fingerprint density at radius 3 is 2.32 bits per heavy atom. The molecular weight excluding hydrogens is 512 g/mol. The molecule has 4 rings (SSSR count). The molecular formula is C24H24O14. The second kappa shape index (κ2) is 10.3. The number of aliphatic hydroxyl groups excluding tert-OH is 3. The average molecular weight is 536 g/mol. The van der Waals surface area contributed by atoms with Crippen LogP contribution < -0.4 is 14.9 Å². The van der Waals surface area contributed by atoms with E-state index >= 15 is 0 Å². The van der Waals surface area contributed by atoms with Crippen LogP contribution in [0.4, 0.5) is 0 Å². The molecule has 0 saturated carbocycles. The molecule has 3 aromatic rings. The van der Waals surface area contributed by atoms with Gasteiger partial charge in [0, 0.05) is 18.6 Å². The Morgan fingerprint density at radius 1 is 1.00 bits per heavy atom. The number of ether oxygens (including phenoxy) is 4. The van der Waals surface area contributed by atoms with Crippen molar-refractivity contribution in [2.75, 3.05) is 13.7 Å². The van der Waals surface area contributed by atoms with Gasteiger partial charge < -0.3 is 59.1 Å². The highest BCUT2D eigenvalue weighted by molar-refractivity contribution is 5.91. The van der Waals surface area contributed by atoms with Crippen LogP contribution in [0.2, 0.25) is 0 Å².